The Labute approximate surface area is 122 Å². The Morgan fingerprint density at radius 2 is 1.85 bits per heavy atom. The minimum absolute atomic E-state index is 0.0975. The molecule has 0 aromatic heterocycles. The molecule has 1 atom stereocenters. The van der Waals surface area contributed by atoms with Gasteiger partial charge in [-0.25, -0.2) is 0 Å². The second kappa shape index (κ2) is 5.48. The van der Waals surface area contributed by atoms with Crippen molar-refractivity contribution in [3.63, 3.8) is 0 Å². The molecule has 0 N–H and O–H groups in total. The van der Waals surface area contributed by atoms with Crippen molar-refractivity contribution in [3.05, 3.63) is 23.8 Å². The third kappa shape index (κ3) is 2.76. The van der Waals surface area contributed by atoms with Crippen LogP contribution in [0.1, 0.15) is 33.3 Å². The molecular formula is C15H24O4Si. The Kier molecular flexibility index (Phi) is 4.25. The zero-order valence-electron chi connectivity index (χ0n) is 13.1. The molecule has 0 amide bonds. The number of fused-ring (bicyclic) bond motifs is 1. The second-order valence-corrected chi connectivity index (χ2v) is 8.53. The van der Waals surface area contributed by atoms with Gasteiger partial charge in [0.25, 0.3) is 0 Å². The van der Waals surface area contributed by atoms with Gasteiger partial charge in [0.1, 0.15) is 5.75 Å². The highest BCUT2D eigenvalue weighted by Gasteiger charge is 2.44. The molecule has 2 rings (SSSR count). The van der Waals surface area contributed by atoms with Crippen LogP contribution in [0, 0.1) is 5.41 Å². The van der Waals surface area contributed by atoms with E-state index in [1.165, 1.54) is 0 Å². The van der Waals surface area contributed by atoms with Crippen LogP contribution in [-0.4, -0.2) is 29.3 Å². The molecule has 0 aliphatic carbocycles. The molecule has 0 radical (unpaired) electrons. The maximum atomic E-state index is 6.10. The van der Waals surface area contributed by atoms with Gasteiger partial charge in [-0.1, -0.05) is 26.8 Å². The summed E-state index contributed by atoms with van der Waals surface area (Å²) in [4.78, 5) is 0. The smallest absolute Gasteiger partial charge is 0.355 e. The highest BCUT2D eigenvalue weighted by Crippen LogP contribution is 2.40. The maximum absolute atomic E-state index is 6.10. The van der Waals surface area contributed by atoms with Crippen LogP contribution in [0.25, 0.3) is 0 Å². The molecule has 0 bridgehead atoms. The fourth-order valence-corrected chi connectivity index (χ4v) is 3.48. The lowest BCUT2D eigenvalue weighted by molar-refractivity contribution is -0.249. The van der Waals surface area contributed by atoms with E-state index >= 15 is 0 Å². The van der Waals surface area contributed by atoms with E-state index < -0.39 is 15.1 Å². The Morgan fingerprint density at radius 1 is 1.20 bits per heavy atom. The van der Waals surface area contributed by atoms with Crippen LogP contribution in [0.4, 0.5) is 0 Å². The lowest BCUT2D eigenvalue weighted by atomic mass is 9.86. The molecule has 112 valence electrons. The van der Waals surface area contributed by atoms with Crippen molar-refractivity contribution in [1.29, 1.82) is 0 Å². The molecule has 0 spiro atoms. The highest BCUT2D eigenvalue weighted by molar-refractivity contribution is 6.61. The standard InChI is InChI=1S/C15H24O4Si/c1-14(2,3)15(4)18-10-11-9-12(20(16-5)17-6)7-8-13(11)19-15/h7-9,20H,10H2,1-6H3. The first-order valence-corrected chi connectivity index (χ1v) is 8.34. The predicted molar refractivity (Wildman–Crippen MR) is 80.5 cm³/mol. The van der Waals surface area contributed by atoms with E-state index in [-0.39, 0.29) is 5.41 Å². The van der Waals surface area contributed by atoms with Gasteiger partial charge >= 0.3 is 9.28 Å². The van der Waals surface area contributed by atoms with E-state index in [1.54, 1.807) is 14.2 Å². The fourth-order valence-electron chi connectivity index (χ4n) is 2.15. The summed E-state index contributed by atoms with van der Waals surface area (Å²) in [6.45, 7) is 8.89. The largest absolute Gasteiger partial charge is 0.462 e. The van der Waals surface area contributed by atoms with Gasteiger partial charge in [-0.2, -0.15) is 0 Å². The first-order valence-electron chi connectivity index (χ1n) is 6.82. The molecule has 4 nitrogen and oxygen atoms in total. The number of hydrogen-bond acceptors (Lipinski definition) is 4. The zero-order chi connectivity index (χ0) is 15.0. The molecule has 1 aliphatic heterocycles. The van der Waals surface area contributed by atoms with Gasteiger partial charge in [-0.3, -0.25) is 0 Å². The summed E-state index contributed by atoms with van der Waals surface area (Å²) >= 11 is 0. The summed E-state index contributed by atoms with van der Waals surface area (Å²) in [6, 6.07) is 6.09. The summed E-state index contributed by atoms with van der Waals surface area (Å²) in [5.41, 5.74) is 0.954. The van der Waals surface area contributed by atoms with Crippen LogP contribution >= 0.6 is 0 Å². The van der Waals surface area contributed by atoms with Crippen LogP contribution in [0.15, 0.2) is 18.2 Å². The Bertz CT molecular complexity index is 479. The van der Waals surface area contributed by atoms with E-state index in [4.69, 9.17) is 18.3 Å². The van der Waals surface area contributed by atoms with Crippen molar-refractivity contribution in [1.82, 2.24) is 0 Å². The Balaban J connectivity index is 2.28. The summed E-state index contributed by atoms with van der Waals surface area (Å²) < 4.78 is 22.9. The number of hydrogen-bond donors (Lipinski definition) is 0. The van der Waals surface area contributed by atoms with E-state index in [0.29, 0.717) is 6.61 Å². The third-order valence-electron chi connectivity index (χ3n) is 3.96. The lowest BCUT2D eigenvalue weighted by Crippen LogP contribution is -2.50. The quantitative estimate of drug-likeness (QED) is 0.800. The molecular weight excluding hydrogens is 272 g/mol. The van der Waals surface area contributed by atoms with Crippen LogP contribution < -0.4 is 9.92 Å². The average molecular weight is 296 g/mol. The summed E-state index contributed by atoms with van der Waals surface area (Å²) in [7, 11) is 1.59. The van der Waals surface area contributed by atoms with E-state index in [9.17, 15) is 0 Å². The van der Waals surface area contributed by atoms with Crippen molar-refractivity contribution in [3.8, 4) is 5.75 Å². The molecule has 5 heteroatoms. The Morgan fingerprint density at radius 3 is 2.40 bits per heavy atom. The first-order chi connectivity index (χ1) is 9.30. The summed E-state index contributed by atoms with van der Waals surface area (Å²) in [6.07, 6.45) is 0. The molecule has 20 heavy (non-hydrogen) atoms. The minimum atomic E-state index is -1.78. The number of ether oxygens (including phenoxy) is 2. The second-order valence-electron chi connectivity index (χ2n) is 6.26. The van der Waals surface area contributed by atoms with Crippen molar-refractivity contribution in [2.24, 2.45) is 5.41 Å². The minimum Gasteiger partial charge on any atom is -0.462 e. The third-order valence-corrected chi connectivity index (χ3v) is 5.71. The van der Waals surface area contributed by atoms with Gasteiger partial charge in [0.2, 0.25) is 5.79 Å². The van der Waals surface area contributed by atoms with Crippen LogP contribution in [0.3, 0.4) is 0 Å². The molecule has 1 aromatic carbocycles. The van der Waals surface area contributed by atoms with Crippen molar-refractivity contribution < 1.29 is 18.3 Å². The Hall–Kier alpha value is -0.883. The molecule has 0 saturated heterocycles. The van der Waals surface area contributed by atoms with Gasteiger partial charge in [0.05, 0.1) is 6.61 Å². The average Bonchev–Trinajstić information content (AvgIpc) is 2.39. The first kappa shape index (κ1) is 15.5. The number of benzene rings is 1. The van der Waals surface area contributed by atoms with Gasteiger partial charge < -0.3 is 18.3 Å². The van der Waals surface area contributed by atoms with Gasteiger partial charge in [0, 0.05) is 32.1 Å². The SMILES string of the molecule is CO[SiH](OC)c1ccc2c(c1)COC(C)(C(C)(C)C)O2. The molecule has 0 saturated carbocycles. The maximum Gasteiger partial charge on any atom is 0.355 e. The van der Waals surface area contributed by atoms with Gasteiger partial charge in [0.15, 0.2) is 0 Å². The van der Waals surface area contributed by atoms with Crippen LogP contribution in [-0.2, 0) is 20.2 Å². The molecule has 1 unspecified atom stereocenters. The molecule has 1 aromatic rings. The fraction of sp³-hybridized carbons (Fsp3) is 0.600. The van der Waals surface area contributed by atoms with E-state index in [2.05, 4.69) is 26.8 Å². The zero-order valence-corrected chi connectivity index (χ0v) is 14.3. The van der Waals surface area contributed by atoms with Crippen molar-refractivity contribution in [2.45, 2.75) is 40.1 Å². The highest BCUT2D eigenvalue weighted by atomic mass is 28.3. The molecule has 0 fully saturated rings. The van der Waals surface area contributed by atoms with Gasteiger partial charge in [-0.05, 0) is 17.3 Å². The van der Waals surface area contributed by atoms with Crippen molar-refractivity contribution >= 4 is 14.5 Å². The number of rotatable bonds is 3. The van der Waals surface area contributed by atoms with Crippen LogP contribution in [0.5, 0.6) is 5.75 Å². The summed E-state index contributed by atoms with van der Waals surface area (Å²) in [5.74, 6) is 0.276. The van der Waals surface area contributed by atoms with E-state index in [1.807, 2.05) is 19.1 Å². The predicted octanol–water partition coefficient (Wildman–Crippen LogP) is 2.08. The monoisotopic (exact) mass is 296 g/mol. The van der Waals surface area contributed by atoms with Crippen LogP contribution in [0.2, 0.25) is 0 Å². The van der Waals surface area contributed by atoms with Gasteiger partial charge in [-0.15, -0.1) is 0 Å². The van der Waals surface area contributed by atoms with E-state index in [0.717, 1.165) is 16.5 Å². The lowest BCUT2D eigenvalue weighted by Gasteiger charge is -2.44. The molecule has 1 aliphatic rings. The topological polar surface area (TPSA) is 36.9 Å². The summed E-state index contributed by atoms with van der Waals surface area (Å²) in [5, 5.41) is 1.10. The van der Waals surface area contributed by atoms with Crippen molar-refractivity contribution in [2.75, 3.05) is 14.2 Å². The normalized spacial score (nSPS) is 22.6. The molecule has 1 heterocycles.